The predicted molar refractivity (Wildman–Crippen MR) is 120 cm³/mol. The van der Waals surface area contributed by atoms with Crippen LogP contribution in [0.5, 0.6) is 11.5 Å². The van der Waals surface area contributed by atoms with Crippen molar-refractivity contribution >= 4 is 21.5 Å². The van der Waals surface area contributed by atoms with Gasteiger partial charge >= 0.3 is 0 Å². The van der Waals surface area contributed by atoms with Crippen molar-refractivity contribution in [1.82, 2.24) is 0 Å². The molecule has 4 aromatic rings. The molecule has 0 spiro atoms. The molecule has 148 valence electrons. The molecule has 0 fully saturated rings. The van der Waals surface area contributed by atoms with Crippen LogP contribution in [0.15, 0.2) is 72.8 Å². The largest absolute Gasteiger partial charge is 0.497 e. The maximum atomic E-state index is 8.72. The molecular weight excluding hydrogens is 372 g/mol. The third-order valence-electron chi connectivity index (χ3n) is 4.90. The van der Waals surface area contributed by atoms with E-state index in [0.717, 1.165) is 44.2 Å². The van der Waals surface area contributed by atoms with Gasteiger partial charge in [0.15, 0.2) is 0 Å². The minimum Gasteiger partial charge on any atom is -0.497 e. The quantitative estimate of drug-likeness (QED) is 0.437. The zero-order valence-electron chi connectivity index (χ0n) is 17.1. The van der Waals surface area contributed by atoms with Gasteiger partial charge in [0.25, 0.3) is 0 Å². The lowest BCUT2D eigenvalue weighted by Crippen LogP contribution is -1.87. The molecule has 0 aliphatic carbocycles. The minimum absolute atomic E-state index is 0.435. The molecule has 4 nitrogen and oxygen atoms in total. The number of methoxy groups -OCH3 is 2. The molecule has 0 atom stereocenters. The van der Waals surface area contributed by atoms with Crippen molar-refractivity contribution in [2.24, 2.45) is 0 Å². The fourth-order valence-electron chi connectivity index (χ4n) is 3.37. The van der Waals surface area contributed by atoms with Crippen LogP contribution in [-0.4, -0.2) is 14.2 Å². The molecule has 30 heavy (non-hydrogen) atoms. The summed E-state index contributed by atoms with van der Waals surface area (Å²) in [5.74, 6) is 1.65. The van der Waals surface area contributed by atoms with Crippen LogP contribution in [0.4, 0.5) is 0 Å². The lowest BCUT2D eigenvalue weighted by Gasteiger charge is -2.05. The van der Waals surface area contributed by atoms with Gasteiger partial charge in [-0.25, -0.2) is 0 Å². The summed E-state index contributed by atoms with van der Waals surface area (Å²) in [6.07, 6.45) is 0.870. The van der Waals surface area contributed by atoms with Crippen LogP contribution in [0.1, 0.15) is 11.1 Å². The van der Waals surface area contributed by atoms with E-state index in [1.807, 2.05) is 72.8 Å². The number of hydrogen-bond acceptors (Lipinski definition) is 4. The molecule has 0 heterocycles. The molecular formula is C26H22N2O2. The van der Waals surface area contributed by atoms with Gasteiger partial charge in [0.05, 0.1) is 39.2 Å². The highest BCUT2D eigenvalue weighted by atomic mass is 16.5. The highest BCUT2D eigenvalue weighted by Crippen LogP contribution is 2.25. The standard InChI is InChI=1S/2C13H11NO/c2*1-15-12-6-5-10-3-2-4-11(7-8-14)13(10)9-12/h2*2-6,9H,7H2,1H3. The van der Waals surface area contributed by atoms with Crippen LogP contribution < -0.4 is 9.47 Å². The second-order valence-electron chi connectivity index (χ2n) is 6.68. The monoisotopic (exact) mass is 394 g/mol. The summed E-state index contributed by atoms with van der Waals surface area (Å²) in [5, 5.41) is 21.9. The molecule has 0 amide bonds. The highest BCUT2D eigenvalue weighted by molar-refractivity contribution is 5.88. The molecule has 0 bridgehead atoms. The third kappa shape index (κ3) is 4.69. The maximum Gasteiger partial charge on any atom is 0.119 e. The van der Waals surface area contributed by atoms with Crippen molar-refractivity contribution in [1.29, 1.82) is 10.5 Å². The number of benzene rings is 4. The summed E-state index contributed by atoms with van der Waals surface area (Å²) in [6, 6.07) is 28.1. The van der Waals surface area contributed by atoms with Crippen molar-refractivity contribution in [3.8, 4) is 23.6 Å². The first-order valence-corrected chi connectivity index (χ1v) is 9.55. The highest BCUT2D eigenvalue weighted by Gasteiger charge is 2.02. The summed E-state index contributed by atoms with van der Waals surface area (Å²) in [5.41, 5.74) is 2.10. The van der Waals surface area contributed by atoms with Gasteiger partial charge in [-0.2, -0.15) is 10.5 Å². The molecule has 0 aromatic heterocycles. The predicted octanol–water partition coefficient (Wildman–Crippen LogP) is 5.83. The Labute approximate surface area is 176 Å². The first-order valence-electron chi connectivity index (χ1n) is 9.55. The molecule has 0 unspecified atom stereocenters. The fourth-order valence-corrected chi connectivity index (χ4v) is 3.37. The zero-order valence-corrected chi connectivity index (χ0v) is 17.1. The van der Waals surface area contributed by atoms with Gasteiger partial charge in [0.2, 0.25) is 0 Å². The topological polar surface area (TPSA) is 66.0 Å². The summed E-state index contributed by atoms with van der Waals surface area (Å²) >= 11 is 0. The Bertz CT molecular complexity index is 1150. The Morgan fingerprint density at radius 1 is 0.633 bits per heavy atom. The Hall–Kier alpha value is -4.02. The average molecular weight is 394 g/mol. The van der Waals surface area contributed by atoms with Crippen LogP contribution in [-0.2, 0) is 12.8 Å². The average Bonchev–Trinajstić information content (AvgIpc) is 2.80. The molecule has 0 saturated heterocycles. The van der Waals surface area contributed by atoms with Gasteiger partial charge < -0.3 is 9.47 Å². The normalized spacial score (nSPS) is 9.87. The van der Waals surface area contributed by atoms with Crippen molar-refractivity contribution < 1.29 is 9.47 Å². The lowest BCUT2D eigenvalue weighted by atomic mass is 10.0. The number of fused-ring (bicyclic) bond motifs is 2. The lowest BCUT2D eigenvalue weighted by molar-refractivity contribution is 0.415. The van der Waals surface area contributed by atoms with E-state index in [1.165, 1.54) is 0 Å². The molecule has 4 rings (SSSR count). The number of hydrogen-bond donors (Lipinski definition) is 0. The van der Waals surface area contributed by atoms with Gasteiger partial charge in [0.1, 0.15) is 11.5 Å². The molecule has 4 aromatic carbocycles. The van der Waals surface area contributed by atoms with E-state index in [9.17, 15) is 0 Å². The van der Waals surface area contributed by atoms with Crippen LogP contribution in [0.3, 0.4) is 0 Å². The van der Waals surface area contributed by atoms with E-state index in [-0.39, 0.29) is 0 Å². The maximum absolute atomic E-state index is 8.72. The number of nitriles is 2. The van der Waals surface area contributed by atoms with Crippen LogP contribution in [0, 0.1) is 22.7 Å². The number of rotatable bonds is 4. The second kappa shape index (κ2) is 9.96. The summed E-state index contributed by atoms with van der Waals surface area (Å²) < 4.78 is 10.3. The summed E-state index contributed by atoms with van der Waals surface area (Å²) in [7, 11) is 3.29. The molecule has 0 aliphatic heterocycles. The molecule has 0 N–H and O–H groups in total. The number of nitrogens with zero attached hydrogens (tertiary/aromatic N) is 2. The van der Waals surface area contributed by atoms with Crippen LogP contribution >= 0.6 is 0 Å². The molecule has 0 saturated carbocycles. The first-order chi connectivity index (χ1) is 14.7. The van der Waals surface area contributed by atoms with Gasteiger partial charge in [-0.3, -0.25) is 0 Å². The van der Waals surface area contributed by atoms with Crippen molar-refractivity contribution in [2.75, 3.05) is 14.2 Å². The third-order valence-corrected chi connectivity index (χ3v) is 4.90. The number of ether oxygens (including phenoxy) is 2. The fraction of sp³-hybridized carbons (Fsp3) is 0.154. The van der Waals surface area contributed by atoms with E-state index in [0.29, 0.717) is 12.8 Å². The van der Waals surface area contributed by atoms with E-state index < -0.39 is 0 Å². The Morgan fingerprint density at radius 3 is 1.43 bits per heavy atom. The van der Waals surface area contributed by atoms with E-state index >= 15 is 0 Å². The zero-order chi connectivity index (χ0) is 21.3. The second-order valence-corrected chi connectivity index (χ2v) is 6.68. The smallest absolute Gasteiger partial charge is 0.119 e. The van der Waals surface area contributed by atoms with E-state index in [2.05, 4.69) is 12.1 Å². The van der Waals surface area contributed by atoms with Gasteiger partial charge in [-0.1, -0.05) is 48.5 Å². The molecule has 4 heteroatoms. The van der Waals surface area contributed by atoms with Crippen LogP contribution in [0.25, 0.3) is 21.5 Å². The molecule has 0 radical (unpaired) electrons. The van der Waals surface area contributed by atoms with Crippen molar-refractivity contribution in [3.63, 3.8) is 0 Å². The SMILES string of the molecule is COc1ccc2cccc(CC#N)c2c1.COc1ccc2cccc(CC#N)c2c1. The van der Waals surface area contributed by atoms with E-state index in [4.69, 9.17) is 20.0 Å². The Balaban J connectivity index is 0.000000171. The Kier molecular flexibility index (Phi) is 6.87. The van der Waals surface area contributed by atoms with E-state index in [1.54, 1.807) is 14.2 Å². The van der Waals surface area contributed by atoms with Crippen molar-refractivity contribution in [3.05, 3.63) is 83.9 Å². The van der Waals surface area contributed by atoms with Gasteiger partial charge in [-0.05, 0) is 56.9 Å². The summed E-state index contributed by atoms with van der Waals surface area (Å²) in [6.45, 7) is 0. The van der Waals surface area contributed by atoms with Gasteiger partial charge in [0, 0.05) is 0 Å². The van der Waals surface area contributed by atoms with Gasteiger partial charge in [-0.15, -0.1) is 0 Å². The molecule has 0 aliphatic rings. The van der Waals surface area contributed by atoms with Crippen LogP contribution in [0.2, 0.25) is 0 Å². The minimum atomic E-state index is 0.435. The van der Waals surface area contributed by atoms with Crippen molar-refractivity contribution in [2.45, 2.75) is 12.8 Å². The Morgan fingerprint density at radius 2 is 1.07 bits per heavy atom. The summed E-state index contributed by atoms with van der Waals surface area (Å²) in [4.78, 5) is 0. The first kappa shape index (κ1) is 20.7.